The summed E-state index contributed by atoms with van der Waals surface area (Å²) in [6, 6.07) is 0. The van der Waals surface area contributed by atoms with Crippen LogP contribution in [-0.2, 0) is 0 Å². The van der Waals surface area contributed by atoms with Crippen LogP contribution in [0, 0.1) is 5.41 Å². The van der Waals surface area contributed by atoms with Crippen LogP contribution in [0.2, 0.25) is 0 Å². The standard InChI is InChI=1S/C5H11N3/c1-3-8(4-2)5(6)7/h3H,1,4H2,2H3,(H3,6,7). The maximum absolute atomic E-state index is 6.88. The highest BCUT2D eigenvalue weighted by Gasteiger charge is 1.93. The molecule has 0 atom stereocenters. The van der Waals surface area contributed by atoms with E-state index in [9.17, 15) is 0 Å². The van der Waals surface area contributed by atoms with Crippen LogP contribution < -0.4 is 5.73 Å². The fourth-order valence-electron chi connectivity index (χ4n) is 0.398. The molecule has 0 aromatic heterocycles. The van der Waals surface area contributed by atoms with Gasteiger partial charge >= 0.3 is 0 Å². The number of nitrogens with one attached hydrogen (secondary N) is 1. The summed E-state index contributed by atoms with van der Waals surface area (Å²) in [7, 11) is 0. The first-order valence-corrected chi connectivity index (χ1v) is 2.45. The Morgan fingerprint density at radius 2 is 2.50 bits per heavy atom. The summed E-state index contributed by atoms with van der Waals surface area (Å²) in [5, 5.41) is 6.88. The Kier molecular flexibility index (Phi) is 2.69. The predicted octanol–water partition coefficient (Wildman–Crippen LogP) is 0.345. The number of nitrogens with two attached hydrogens (primary N) is 1. The van der Waals surface area contributed by atoms with Crippen LogP contribution in [0.3, 0.4) is 0 Å². The zero-order chi connectivity index (χ0) is 6.57. The number of hydrogen-bond donors (Lipinski definition) is 2. The quantitative estimate of drug-likeness (QED) is 0.401. The Morgan fingerprint density at radius 3 is 2.50 bits per heavy atom. The summed E-state index contributed by atoms with van der Waals surface area (Å²) in [6.45, 7) is 6.07. The number of hydrogen-bond acceptors (Lipinski definition) is 1. The molecule has 3 heteroatoms. The van der Waals surface area contributed by atoms with Crippen molar-refractivity contribution in [3.05, 3.63) is 12.8 Å². The van der Waals surface area contributed by atoms with E-state index in [1.165, 1.54) is 6.20 Å². The van der Waals surface area contributed by atoms with Gasteiger partial charge < -0.3 is 10.6 Å². The van der Waals surface area contributed by atoms with Gasteiger partial charge in [-0.3, -0.25) is 5.41 Å². The van der Waals surface area contributed by atoms with Crippen LogP contribution in [0.1, 0.15) is 6.92 Å². The highest BCUT2D eigenvalue weighted by Crippen LogP contribution is 1.82. The van der Waals surface area contributed by atoms with Gasteiger partial charge in [0, 0.05) is 6.54 Å². The lowest BCUT2D eigenvalue weighted by atomic mass is 10.6. The van der Waals surface area contributed by atoms with Gasteiger partial charge in [0.1, 0.15) is 0 Å². The second kappa shape index (κ2) is 3.07. The van der Waals surface area contributed by atoms with Crippen LogP contribution in [0.15, 0.2) is 12.8 Å². The molecule has 0 unspecified atom stereocenters. The zero-order valence-electron chi connectivity index (χ0n) is 5.02. The molecule has 0 saturated carbocycles. The topological polar surface area (TPSA) is 53.1 Å². The van der Waals surface area contributed by atoms with E-state index in [0.29, 0.717) is 6.54 Å². The highest BCUT2D eigenvalue weighted by molar-refractivity contribution is 5.75. The van der Waals surface area contributed by atoms with Gasteiger partial charge in [-0.05, 0) is 13.1 Å². The molecule has 0 saturated heterocycles. The van der Waals surface area contributed by atoms with Crippen molar-refractivity contribution in [2.24, 2.45) is 5.73 Å². The second-order valence-electron chi connectivity index (χ2n) is 1.35. The molecular weight excluding hydrogens is 102 g/mol. The summed E-state index contributed by atoms with van der Waals surface area (Å²) in [4.78, 5) is 1.54. The number of rotatable bonds is 2. The van der Waals surface area contributed by atoms with E-state index < -0.39 is 0 Å². The van der Waals surface area contributed by atoms with Crippen LogP contribution in [0.5, 0.6) is 0 Å². The maximum atomic E-state index is 6.88. The van der Waals surface area contributed by atoms with Crippen molar-refractivity contribution in [3.8, 4) is 0 Å². The summed E-state index contributed by atoms with van der Waals surface area (Å²) >= 11 is 0. The van der Waals surface area contributed by atoms with Crippen LogP contribution in [0.25, 0.3) is 0 Å². The van der Waals surface area contributed by atoms with Crippen molar-refractivity contribution in [1.29, 1.82) is 5.41 Å². The number of nitrogens with zero attached hydrogens (tertiary/aromatic N) is 1. The van der Waals surface area contributed by atoms with Gasteiger partial charge in [-0.1, -0.05) is 6.58 Å². The molecule has 8 heavy (non-hydrogen) atoms. The summed E-state index contributed by atoms with van der Waals surface area (Å²) in [5.74, 6) is 0.0440. The lowest BCUT2D eigenvalue weighted by molar-refractivity contribution is 0.580. The minimum Gasteiger partial charge on any atom is -0.370 e. The Hall–Kier alpha value is -0.990. The smallest absolute Gasteiger partial charge is 0.192 e. The van der Waals surface area contributed by atoms with Crippen molar-refractivity contribution < 1.29 is 0 Å². The first-order valence-electron chi connectivity index (χ1n) is 2.45. The maximum Gasteiger partial charge on any atom is 0.192 e. The zero-order valence-corrected chi connectivity index (χ0v) is 5.02. The highest BCUT2D eigenvalue weighted by atomic mass is 15.2. The predicted molar refractivity (Wildman–Crippen MR) is 34.5 cm³/mol. The van der Waals surface area contributed by atoms with Crippen molar-refractivity contribution in [2.75, 3.05) is 6.54 Å². The molecule has 3 nitrogen and oxygen atoms in total. The third kappa shape index (κ3) is 1.64. The Labute approximate surface area is 49.3 Å². The third-order valence-corrected chi connectivity index (χ3v) is 0.871. The molecule has 0 heterocycles. The van der Waals surface area contributed by atoms with E-state index in [1.54, 1.807) is 4.90 Å². The van der Waals surface area contributed by atoms with Crippen molar-refractivity contribution >= 4 is 5.96 Å². The molecule has 0 amide bonds. The Balaban J connectivity index is 3.69. The van der Waals surface area contributed by atoms with Crippen molar-refractivity contribution in [3.63, 3.8) is 0 Å². The molecule has 0 aromatic rings. The van der Waals surface area contributed by atoms with Gasteiger partial charge in [0.15, 0.2) is 5.96 Å². The molecule has 0 aliphatic carbocycles. The van der Waals surface area contributed by atoms with Crippen molar-refractivity contribution in [2.45, 2.75) is 6.92 Å². The fourth-order valence-corrected chi connectivity index (χ4v) is 0.398. The van der Waals surface area contributed by atoms with Gasteiger partial charge in [0.25, 0.3) is 0 Å². The molecule has 0 bridgehead atoms. The average Bonchev–Trinajstić information content (AvgIpc) is 1.69. The molecule has 0 spiro atoms. The van der Waals surface area contributed by atoms with Gasteiger partial charge in [0.2, 0.25) is 0 Å². The largest absolute Gasteiger partial charge is 0.370 e. The first kappa shape index (κ1) is 7.01. The van der Waals surface area contributed by atoms with Gasteiger partial charge in [-0.25, -0.2) is 0 Å². The summed E-state index contributed by atoms with van der Waals surface area (Å²) < 4.78 is 0. The normalized spacial score (nSPS) is 8.12. The SMILES string of the molecule is C=CN(CC)C(=N)N. The van der Waals surface area contributed by atoms with E-state index in [4.69, 9.17) is 11.1 Å². The molecular formula is C5H11N3. The molecule has 46 valence electrons. The fraction of sp³-hybridized carbons (Fsp3) is 0.400. The Morgan fingerprint density at radius 1 is 2.00 bits per heavy atom. The lowest BCUT2D eigenvalue weighted by Gasteiger charge is -2.13. The monoisotopic (exact) mass is 113 g/mol. The van der Waals surface area contributed by atoms with Gasteiger partial charge in [0.05, 0.1) is 0 Å². The summed E-state index contributed by atoms with van der Waals surface area (Å²) in [6.07, 6.45) is 1.53. The average molecular weight is 113 g/mol. The van der Waals surface area contributed by atoms with E-state index in [-0.39, 0.29) is 5.96 Å². The van der Waals surface area contributed by atoms with Gasteiger partial charge in [-0.15, -0.1) is 0 Å². The summed E-state index contributed by atoms with van der Waals surface area (Å²) in [5.41, 5.74) is 5.10. The lowest BCUT2D eigenvalue weighted by Crippen LogP contribution is -2.31. The minimum atomic E-state index is 0.0440. The van der Waals surface area contributed by atoms with Crippen LogP contribution >= 0.6 is 0 Å². The van der Waals surface area contributed by atoms with E-state index in [2.05, 4.69) is 6.58 Å². The molecule has 0 aromatic carbocycles. The molecule has 0 aliphatic heterocycles. The second-order valence-corrected chi connectivity index (χ2v) is 1.35. The van der Waals surface area contributed by atoms with Crippen molar-refractivity contribution in [1.82, 2.24) is 4.90 Å². The molecule has 0 aliphatic rings. The Bertz CT molecular complexity index is 97.8. The van der Waals surface area contributed by atoms with E-state index in [1.807, 2.05) is 6.92 Å². The van der Waals surface area contributed by atoms with E-state index >= 15 is 0 Å². The van der Waals surface area contributed by atoms with E-state index in [0.717, 1.165) is 0 Å². The van der Waals surface area contributed by atoms with Crippen LogP contribution in [-0.4, -0.2) is 17.4 Å². The molecule has 0 radical (unpaired) electrons. The molecule has 3 N–H and O–H groups in total. The number of guanidine groups is 1. The third-order valence-electron chi connectivity index (χ3n) is 0.871. The van der Waals surface area contributed by atoms with Gasteiger partial charge in [-0.2, -0.15) is 0 Å². The molecule has 0 fully saturated rings. The first-order chi connectivity index (χ1) is 3.72. The molecule has 0 rings (SSSR count). The minimum absolute atomic E-state index is 0.0440. The van der Waals surface area contributed by atoms with Crippen LogP contribution in [0.4, 0.5) is 0 Å².